The highest BCUT2D eigenvalue weighted by atomic mass is 15.0. The van der Waals surface area contributed by atoms with E-state index in [0.717, 1.165) is 22.8 Å². The fourth-order valence-electron chi connectivity index (χ4n) is 0.827. The Kier molecular flexibility index (Phi) is 11.1. The zero-order chi connectivity index (χ0) is 14.0. The van der Waals surface area contributed by atoms with Crippen LogP contribution in [0.1, 0.15) is 43.0 Å². The molecule has 0 aliphatic carbocycles. The molecule has 0 fully saturated rings. The van der Waals surface area contributed by atoms with Crippen LogP contribution in [0.15, 0.2) is 0 Å². The zero-order valence-corrected chi connectivity index (χ0v) is 13.0. The van der Waals surface area contributed by atoms with Crippen LogP contribution in [0, 0.1) is 27.7 Å². The first-order valence-corrected chi connectivity index (χ1v) is 6.15. The summed E-state index contributed by atoms with van der Waals surface area (Å²) >= 11 is 0. The summed E-state index contributed by atoms with van der Waals surface area (Å²) in [6.45, 7) is 12.2. The minimum atomic E-state index is 1.03. The Labute approximate surface area is 107 Å². The van der Waals surface area contributed by atoms with Gasteiger partial charge >= 0.3 is 0 Å². The third kappa shape index (κ3) is 11.3. The van der Waals surface area contributed by atoms with Crippen molar-refractivity contribution in [3.05, 3.63) is 22.8 Å². The summed E-state index contributed by atoms with van der Waals surface area (Å²) in [5.74, 6) is 0. The minimum Gasteiger partial charge on any atom is -0.312 e. The maximum atomic E-state index is 4.31. The standard InChI is InChI=1S/C8H12N2.C3H9N.C3H8/c1-5-6(2)10-8(4)7(3)9-5;1-4(2)3;1-3-2/h1-4H3;1-3H3;3H2,1-2H3. The molecule has 1 aromatic rings. The number of hydrogen-bond acceptors (Lipinski definition) is 3. The van der Waals surface area contributed by atoms with Gasteiger partial charge in [-0.3, -0.25) is 9.97 Å². The highest BCUT2D eigenvalue weighted by molar-refractivity contribution is 5.16. The van der Waals surface area contributed by atoms with E-state index in [1.165, 1.54) is 6.42 Å². The maximum absolute atomic E-state index is 4.31. The van der Waals surface area contributed by atoms with Gasteiger partial charge in [0.15, 0.2) is 0 Å². The molecule has 0 aromatic carbocycles. The van der Waals surface area contributed by atoms with Gasteiger partial charge in [0.05, 0.1) is 22.8 Å². The van der Waals surface area contributed by atoms with Crippen molar-refractivity contribution in [3.63, 3.8) is 0 Å². The van der Waals surface area contributed by atoms with Crippen LogP contribution >= 0.6 is 0 Å². The molecule has 0 spiro atoms. The number of aryl methyl sites for hydroxylation is 4. The summed E-state index contributed by atoms with van der Waals surface area (Å²) in [6, 6.07) is 0. The highest BCUT2D eigenvalue weighted by Gasteiger charge is 1.98. The fourth-order valence-corrected chi connectivity index (χ4v) is 0.827. The molecule has 0 unspecified atom stereocenters. The summed E-state index contributed by atoms with van der Waals surface area (Å²) < 4.78 is 0. The second kappa shape index (κ2) is 10.2. The summed E-state index contributed by atoms with van der Waals surface area (Å²) in [4.78, 5) is 10.6. The minimum absolute atomic E-state index is 1.03. The van der Waals surface area contributed by atoms with E-state index in [0.29, 0.717) is 0 Å². The molecule has 100 valence electrons. The van der Waals surface area contributed by atoms with Gasteiger partial charge in [0.1, 0.15) is 0 Å². The van der Waals surface area contributed by atoms with Crippen molar-refractivity contribution >= 4 is 0 Å². The molecule has 1 heterocycles. The van der Waals surface area contributed by atoms with Crippen LogP contribution < -0.4 is 0 Å². The largest absolute Gasteiger partial charge is 0.312 e. The van der Waals surface area contributed by atoms with Crippen molar-refractivity contribution in [3.8, 4) is 0 Å². The Hall–Kier alpha value is -0.960. The normalized spacial score (nSPS) is 9.06. The lowest BCUT2D eigenvalue weighted by atomic mass is 10.3. The van der Waals surface area contributed by atoms with Crippen molar-refractivity contribution in [2.45, 2.75) is 48.0 Å². The molecule has 0 aliphatic heterocycles. The molecule has 0 bridgehead atoms. The predicted octanol–water partition coefficient (Wildman–Crippen LogP) is 3.30. The SMILES string of the molecule is CCC.CN(C)C.Cc1nc(C)c(C)nc1C. The summed E-state index contributed by atoms with van der Waals surface area (Å²) in [5.41, 5.74) is 4.12. The molecule has 1 rings (SSSR count). The second-order valence-corrected chi connectivity index (χ2v) is 4.61. The van der Waals surface area contributed by atoms with E-state index < -0.39 is 0 Å². The van der Waals surface area contributed by atoms with E-state index in [1.54, 1.807) is 0 Å². The Balaban J connectivity index is 0. The molecule has 17 heavy (non-hydrogen) atoms. The number of nitrogens with zero attached hydrogens (tertiary/aromatic N) is 3. The molecule has 0 saturated heterocycles. The van der Waals surface area contributed by atoms with Crippen LogP contribution in [0.2, 0.25) is 0 Å². The van der Waals surface area contributed by atoms with Gasteiger partial charge in [-0.25, -0.2) is 0 Å². The van der Waals surface area contributed by atoms with Gasteiger partial charge in [0, 0.05) is 0 Å². The van der Waals surface area contributed by atoms with Crippen LogP contribution in [-0.2, 0) is 0 Å². The van der Waals surface area contributed by atoms with Crippen LogP contribution in [0.5, 0.6) is 0 Å². The fraction of sp³-hybridized carbons (Fsp3) is 0.714. The van der Waals surface area contributed by atoms with Crippen molar-refractivity contribution in [2.75, 3.05) is 21.1 Å². The van der Waals surface area contributed by atoms with E-state index in [2.05, 4.69) is 23.8 Å². The lowest BCUT2D eigenvalue weighted by Gasteiger charge is -2.01. The third-order valence-electron chi connectivity index (χ3n) is 1.72. The summed E-state index contributed by atoms with van der Waals surface area (Å²) in [5, 5.41) is 0. The number of aromatic nitrogens is 2. The molecule has 0 atom stereocenters. The van der Waals surface area contributed by atoms with Gasteiger partial charge < -0.3 is 4.90 Å². The topological polar surface area (TPSA) is 29.0 Å². The van der Waals surface area contributed by atoms with Gasteiger partial charge in [-0.15, -0.1) is 0 Å². The monoisotopic (exact) mass is 239 g/mol. The molecule has 3 heteroatoms. The molecule has 0 N–H and O–H groups in total. The molecule has 0 amide bonds. The Morgan fingerprint density at radius 3 is 0.941 bits per heavy atom. The van der Waals surface area contributed by atoms with Crippen molar-refractivity contribution < 1.29 is 0 Å². The molecule has 0 aliphatic rings. The van der Waals surface area contributed by atoms with Gasteiger partial charge in [-0.1, -0.05) is 20.3 Å². The van der Waals surface area contributed by atoms with E-state index in [9.17, 15) is 0 Å². The summed E-state index contributed by atoms with van der Waals surface area (Å²) in [6.07, 6.45) is 1.25. The Morgan fingerprint density at radius 2 is 0.824 bits per heavy atom. The van der Waals surface area contributed by atoms with E-state index >= 15 is 0 Å². The van der Waals surface area contributed by atoms with Crippen molar-refractivity contribution in [1.29, 1.82) is 0 Å². The molecule has 0 radical (unpaired) electrons. The van der Waals surface area contributed by atoms with E-state index in [-0.39, 0.29) is 0 Å². The first-order valence-electron chi connectivity index (χ1n) is 6.15. The van der Waals surface area contributed by atoms with Crippen LogP contribution in [-0.4, -0.2) is 36.0 Å². The lowest BCUT2D eigenvalue weighted by Crippen LogP contribution is -1.99. The van der Waals surface area contributed by atoms with Gasteiger partial charge in [0.2, 0.25) is 0 Å². The Morgan fingerprint density at radius 1 is 0.706 bits per heavy atom. The van der Waals surface area contributed by atoms with Gasteiger partial charge in [-0.2, -0.15) is 0 Å². The molecular weight excluding hydrogens is 210 g/mol. The van der Waals surface area contributed by atoms with Gasteiger partial charge in [0.25, 0.3) is 0 Å². The van der Waals surface area contributed by atoms with Gasteiger partial charge in [-0.05, 0) is 48.8 Å². The number of rotatable bonds is 0. The molecule has 1 aromatic heterocycles. The molecule has 3 nitrogen and oxygen atoms in total. The molecule has 0 saturated carbocycles. The van der Waals surface area contributed by atoms with Crippen molar-refractivity contribution in [2.24, 2.45) is 0 Å². The highest BCUT2D eigenvalue weighted by Crippen LogP contribution is 2.04. The first kappa shape index (κ1) is 18.4. The molecular formula is C14H29N3. The average Bonchev–Trinajstić information content (AvgIpc) is 2.15. The van der Waals surface area contributed by atoms with Crippen LogP contribution in [0.3, 0.4) is 0 Å². The zero-order valence-electron chi connectivity index (χ0n) is 13.0. The van der Waals surface area contributed by atoms with Crippen molar-refractivity contribution in [1.82, 2.24) is 14.9 Å². The second-order valence-electron chi connectivity index (χ2n) is 4.61. The predicted molar refractivity (Wildman–Crippen MR) is 76.6 cm³/mol. The lowest BCUT2D eigenvalue weighted by molar-refractivity contribution is 0.505. The smallest absolute Gasteiger partial charge is 0.0588 e. The average molecular weight is 239 g/mol. The van der Waals surface area contributed by atoms with E-state index in [4.69, 9.17) is 0 Å². The van der Waals surface area contributed by atoms with Crippen LogP contribution in [0.25, 0.3) is 0 Å². The van der Waals surface area contributed by atoms with E-state index in [1.807, 2.05) is 53.7 Å². The maximum Gasteiger partial charge on any atom is 0.0588 e. The quantitative estimate of drug-likeness (QED) is 0.695. The number of hydrogen-bond donors (Lipinski definition) is 0. The Bertz CT molecular complexity index is 254. The van der Waals surface area contributed by atoms with Crippen LogP contribution in [0.4, 0.5) is 0 Å². The third-order valence-corrected chi connectivity index (χ3v) is 1.72. The first-order chi connectivity index (χ1) is 7.76. The summed E-state index contributed by atoms with van der Waals surface area (Å²) in [7, 11) is 6.00.